The van der Waals surface area contributed by atoms with E-state index in [9.17, 15) is 0 Å². The van der Waals surface area contributed by atoms with Crippen LogP contribution in [-0.2, 0) is 32.5 Å². The summed E-state index contributed by atoms with van der Waals surface area (Å²) in [5.74, 6) is 0.335. The second-order valence-corrected chi connectivity index (χ2v) is 26.9. The van der Waals surface area contributed by atoms with Gasteiger partial charge in [0.15, 0.2) is 11.6 Å². The zero-order chi connectivity index (χ0) is 58.3. The van der Waals surface area contributed by atoms with E-state index < -0.39 is 32.5 Å². The summed E-state index contributed by atoms with van der Waals surface area (Å²) < 4.78 is 4.95. The van der Waals surface area contributed by atoms with Crippen molar-refractivity contribution >= 4 is 71.5 Å². The number of carbonyl (C=O) groups is 2. The number of ketones is 2. The standard InChI is InChI=1S/C84H54N2O2/c1-79-61-29-12-16-33-65(61)83(79)67-35-18-14-31-63(67)81(83,3)77(87)59-45-72-55(43-69(59)79)57-41-50(74-52(48-24-9-6-10-25-48)38-39-54-53-28-11-20-37-71(53)85(76(54)74)51-27-21-26-49(40-51)47-22-7-5-8-23-47)42-58-56-44-70-60(46-73(56)86(72)75(57)58)78(88)82(4)64-32-15-19-36-68(64)84(82)66-34-17-13-30-62(66)80(70,84)2/h5-46H,1-4H3. The van der Waals surface area contributed by atoms with Crippen LogP contribution in [0.4, 0.5) is 0 Å². The molecule has 0 N–H and O–H groups in total. The van der Waals surface area contributed by atoms with Gasteiger partial charge in [-0.3, -0.25) is 9.59 Å². The van der Waals surface area contributed by atoms with Crippen LogP contribution >= 0.6 is 0 Å². The Morgan fingerprint density at radius 2 is 0.716 bits per heavy atom. The van der Waals surface area contributed by atoms with Crippen molar-refractivity contribution in [3.63, 3.8) is 0 Å². The van der Waals surface area contributed by atoms with Gasteiger partial charge in [-0.1, -0.05) is 214 Å². The molecule has 6 unspecified atom stereocenters. The first-order valence-electron chi connectivity index (χ1n) is 31.2. The first-order valence-corrected chi connectivity index (χ1v) is 31.2. The van der Waals surface area contributed by atoms with Crippen molar-refractivity contribution in [1.29, 1.82) is 0 Å². The van der Waals surface area contributed by atoms with Crippen molar-refractivity contribution in [1.82, 2.24) is 8.97 Å². The molecular formula is C84H54N2O2. The molecule has 6 aliphatic carbocycles. The maximum absolute atomic E-state index is 16.3. The molecule has 0 radical (unpaired) electrons. The number of nitrogens with zero attached hydrogens (tertiary/aromatic N) is 2. The Morgan fingerprint density at radius 1 is 0.273 bits per heavy atom. The third-order valence-electron chi connectivity index (χ3n) is 24.0. The van der Waals surface area contributed by atoms with Crippen LogP contribution in [0, 0.1) is 0 Å². The average molecular weight is 1120 g/mol. The fourth-order valence-corrected chi connectivity index (χ4v) is 20.7. The predicted octanol–water partition coefficient (Wildman–Crippen LogP) is 19.1. The number of Topliss-reactive ketones (excluding diaryl/α,β-unsaturated/α-hetero) is 2. The number of hydrogen-bond acceptors (Lipinski definition) is 2. The van der Waals surface area contributed by atoms with Crippen LogP contribution in [-0.4, -0.2) is 20.5 Å². The summed E-state index contributed by atoms with van der Waals surface area (Å²) in [7, 11) is 0. The van der Waals surface area contributed by atoms with E-state index in [1.54, 1.807) is 0 Å². The van der Waals surface area contributed by atoms with Gasteiger partial charge in [0.25, 0.3) is 0 Å². The lowest BCUT2D eigenvalue weighted by Crippen LogP contribution is -2.77. The molecule has 0 aliphatic heterocycles. The zero-order valence-electron chi connectivity index (χ0n) is 49.0. The molecule has 4 nitrogen and oxygen atoms in total. The van der Waals surface area contributed by atoms with E-state index in [0.717, 1.165) is 116 Å². The van der Waals surface area contributed by atoms with Crippen molar-refractivity contribution in [3.05, 3.63) is 322 Å². The summed E-state index contributed by atoms with van der Waals surface area (Å²) in [5, 5.41) is 6.78. The van der Waals surface area contributed by atoms with E-state index >= 15 is 9.59 Å². The molecule has 3 aromatic heterocycles. The normalized spacial score (nSPS) is 24.5. The highest BCUT2D eigenvalue weighted by Gasteiger charge is 2.82. The molecule has 6 atom stereocenters. The quantitative estimate of drug-likeness (QED) is 0.176. The van der Waals surface area contributed by atoms with Gasteiger partial charge < -0.3 is 8.97 Å². The van der Waals surface area contributed by atoms with Crippen LogP contribution in [0.25, 0.3) is 99.0 Å². The highest BCUT2D eigenvalue weighted by atomic mass is 16.1. The third kappa shape index (κ3) is 4.68. The number of hydrogen-bond donors (Lipinski definition) is 0. The lowest BCUT2D eigenvalue weighted by Gasteiger charge is -2.74. The Kier molecular flexibility index (Phi) is 8.26. The molecule has 0 saturated carbocycles. The Hall–Kier alpha value is -10.4. The SMILES string of the molecule is CC12C(=O)c3cc4c(cc3C3(C)c5ccccc5C13c1ccccc12)c1cc(-c2c(-c3ccccc3)ccc3c5ccccc5n(-c5cccc(-c6ccccc6)c5)c23)cc2c3cc5c(cc3n4c12)C(=O)C1(C)c2ccccc2C12c1ccccc1C52C. The van der Waals surface area contributed by atoms with Crippen molar-refractivity contribution in [2.45, 2.75) is 60.2 Å². The van der Waals surface area contributed by atoms with Crippen LogP contribution < -0.4 is 0 Å². The first-order chi connectivity index (χ1) is 43.0. The maximum Gasteiger partial charge on any atom is 0.174 e. The molecule has 4 heteroatoms. The van der Waals surface area contributed by atoms with E-state index in [4.69, 9.17) is 0 Å². The molecule has 2 spiro atoms. The topological polar surface area (TPSA) is 43.5 Å². The Morgan fingerprint density at radius 3 is 1.24 bits per heavy atom. The highest BCUT2D eigenvalue weighted by molar-refractivity contribution is 6.29. The Bertz CT molecular complexity index is 5590. The van der Waals surface area contributed by atoms with Gasteiger partial charge in [0.2, 0.25) is 0 Å². The largest absolute Gasteiger partial charge is 0.309 e. The van der Waals surface area contributed by atoms with E-state index in [2.05, 4.69) is 291 Å². The van der Waals surface area contributed by atoms with Crippen molar-refractivity contribution < 1.29 is 9.59 Å². The van der Waals surface area contributed by atoms with Crippen LogP contribution in [0.3, 0.4) is 0 Å². The summed E-state index contributed by atoms with van der Waals surface area (Å²) in [6, 6.07) is 93.8. The summed E-state index contributed by atoms with van der Waals surface area (Å²) >= 11 is 0. The number of rotatable bonds is 4. The van der Waals surface area contributed by atoms with Gasteiger partial charge in [0.05, 0.1) is 49.2 Å². The van der Waals surface area contributed by atoms with Gasteiger partial charge in [0, 0.05) is 65.5 Å². The molecule has 0 bridgehead atoms. The summed E-state index contributed by atoms with van der Waals surface area (Å²) in [5.41, 5.74) is 23.1. The van der Waals surface area contributed by atoms with Crippen LogP contribution in [0.15, 0.2) is 255 Å². The average Bonchev–Trinajstić information content (AvgIpc) is 0.685. The van der Waals surface area contributed by atoms with Crippen LogP contribution in [0.1, 0.15) is 104 Å². The molecule has 6 aliphatic rings. The van der Waals surface area contributed by atoms with Gasteiger partial charge >= 0.3 is 0 Å². The minimum atomic E-state index is -0.784. The van der Waals surface area contributed by atoms with Gasteiger partial charge in [-0.05, 0) is 152 Å². The molecule has 3 heterocycles. The molecule has 412 valence electrons. The fourth-order valence-electron chi connectivity index (χ4n) is 20.7. The third-order valence-corrected chi connectivity index (χ3v) is 24.0. The molecule has 0 fully saturated rings. The van der Waals surface area contributed by atoms with E-state index in [-0.39, 0.29) is 11.6 Å². The monoisotopic (exact) mass is 1120 g/mol. The minimum Gasteiger partial charge on any atom is -0.309 e. The summed E-state index contributed by atoms with van der Waals surface area (Å²) in [6.45, 7) is 9.30. The van der Waals surface area contributed by atoms with Gasteiger partial charge in [-0.25, -0.2) is 0 Å². The van der Waals surface area contributed by atoms with E-state index in [0.29, 0.717) is 0 Å². The Balaban J connectivity index is 0.925. The van der Waals surface area contributed by atoms with E-state index in [1.165, 1.54) is 49.7 Å². The van der Waals surface area contributed by atoms with Crippen LogP contribution in [0.5, 0.6) is 0 Å². The van der Waals surface area contributed by atoms with Crippen LogP contribution in [0.2, 0.25) is 0 Å². The molecule has 0 saturated heterocycles. The second-order valence-electron chi connectivity index (χ2n) is 26.9. The van der Waals surface area contributed by atoms with Gasteiger partial charge in [-0.2, -0.15) is 0 Å². The number of fused-ring (bicyclic) bond motifs is 21. The highest BCUT2D eigenvalue weighted by Crippen LogP contribution is 2.80. The minimum absolute atomic E-state index is 0.167. The first kappa shape index (κ1) is 47.8. The number of aromatic nitrogens is 2. The van der Waals surface area contributed by atoms with E-state index in [1.807, 2.05) is 0 Å². The van der Waals surface area contributed by atoms with Crippen molar-refractivity contribution in [2.75, 3.05) is 0 Å². The Labute approximate surface area is 507 Å². The lowest BCUT2D eigenvalue weighted by molar-refractivity contribution is 0.0523. The van der Waals surface area contributed by atoms with Crippen molar-refractivity contribution in [2.24, 2.45) is 0 Å². The zero-order valence-corrected chi connectivity index (χ0v) is 49.0. The second kappa shape index (κ2) is 15.2. The molecule has 0 amide bonds. The van der Waals surface area contributed by atoms with Gasteiger partial charge in [-0.15, -0.1) is 0 Å². The van der Waals surface area contributed by atoms with Crippen molar-refractivity contribution in [3.8, 4) is 39.1 Å². The number of carbonyl (C=O) groups excluding carboxylic acids is 2. The molecule has 12 aromatic carbocycles. The summed E-state index contributed by atoms with van der Waals surface area (Å²) in [4.78, 5) is 32.5. The van der Waals surface area contributed by atoms with Gasteiger partial charge in [0.1, 0.15) is 0 Å². The molecular weight excluding hydrogens is 1070 g/mol. The lowest BCUT2D eigenvalue weighted by atomic mass is 9.25. The summed E-state index contributed by atoms with van der Waals surface area (Å²) in [6.07, 6.45) is 0. The molecule has 21 rings (SSSR count). The maximum atomic E-state index is 16.3. The smallest absolute Gasteiger partial charge is 0.174 e. The fraction of sp³-hybridized carbons (Fsp3) is 0.119. The molecule has 88 heavy (non-hydrogen) atoms. The number of benzene rings is 12. The molecule has 15 aromatic rings. The number of para-hydroxylation sites is 1. The predicted molar refractivity (Wildman–Crippen MR) is 355 cm³/mol.